The molecule has 0 spiro atoms. The van der Waals surface area contributed by atoms with Gasteiger partial charge in [-0.25, -0.2) is 4.98 Å². The summed E-state index contributed by atoms with van der Waals surface area (Å²) in [5, 5.41) is 3.28. The molecule has 0 bridgehead atoms. The Morgan fingerprint density at radius 1 is 1.25 bits per heavy atom. The second-order valence-electron chi connectivity index (χ2n) is 6.10. The largest absolute Gasteiger partial charge is 0.497 e. The van der Waals surface area contributed by atoms with Crippen molar-refractivity contribution in [2.75, 3.05) is 19.2 Å². The fraction of sp³-hybridized carbons (Fsp3) is 0.200. The van der Waals surface area contributed by atoms with Crippen LogP contribution in [-0.4, -0.2) is 34.6 Å². The summed E-state index contributed by atoms with van der Waals surface area (Å²) < 4.78 is 17.9. The van der Waals surface area contributed by atoms with E-state index in [1.807, 2.05) is 42.0 Å². The Labute approximate surface area is 166 Å². The molecular weight excluding hydrogens is 378 g/mol. The number of anilines is 1. The molecule has 1 atom stereocenters. The molecule has 8 heteroatoms. The van der Waals surface area contributed by atoms with Gasteiger partial charge < -0.3 is 19.5 Å². The number of methoxy groups -OCH3 is 1. The number of imidazole rings is 1. The van der Waals surface area contributed by atoms with Crippen molar-refractivity contribution in [3.05, 3.63) is 54.9 Å². The van der Waals surface area contributed by atoms with Gasteiger partial charge >= 0.3 is 0 Å². The number of fused-ring (bicyclic) bond motifs is 1. The van der Waals surface area contributed by atoms with Gasteiger partial charge in [0.25, 0.3) is 0 Å². The van der Waals surface area contributed by atoms with E-state index in [1.54, 1.807) is 31.5 Å². The van der Waals surface area contributed by atoms with E-state index in [1.165, 1.54) is 11.8 Å². The van der Waals surface area contributed by atoms with Crippen molar-refractivity contribution in [2.24, 2.45) is 0 Å². The lowest BCUT2D eigenvalue weighted by molar-refractivity contribution is -0.115. The zero-order chi connectivity index (χ0) is 19.5. The van der Waals surface area contributed by atoms with Crippen LogP contribution in [0.4, 0.5) is 5.69 Å². The first-order valence-electron chi connectivity index (χ1n) is 8.69. The molecule has 0 saturated carbocycles. The number of amides is 1. The molecule has 0 aliphatic carbocycles. The third-order valence-electron chi connectivity index (χ3n) is 4.23. The lowest BCUT2D eigenvalue weighted by Crippen LogP contribution is -2.22. The van der Waals surface area contributed by atoms with E-state index < -0.39 is 0 Å². The fourth-order valence-electron chi connectivity index (χ4n) is 2.76. The Bertz CT molecular complexity index is 1000. The molecule has 1 aliphatic rings. The quantitative estimate of drug-likeness (QED) is 0.639. The van der Waals surface area contributed by atoms with Crippen LogP contribution in [-0.2, 0) is 4.79 Å². The second kappa shape index (κ2) is 7.85. The molecule has 1 unspecified atom stereocenters. The summed E-state index contributed by atoms with van der Waals surface area (Å²) in [5.74, 6) is 1.95. The first kappa shape index (κ1) is 18.2. The molecule has 7 nitrogen and oxygen atoms in total. The molecule has 3 aromatic rings. The number of ether oxygens (including phenoxy) is 3. The van der Waals surface area contributed by atoms with Crippen LogP contribution < -0.4 is 19.5 Å². The molecule has 1 aromatic heterocycles. The van der Waals surface area contributed by atoms with Crippen molar-refractivity contribution >= 4 is 23.4 Å². The van der Waals surface area contributed by atoms with Gasteiger partial charge in [0.15, 0.2) is 16.7 Å². The minimum absolute atomic E-state index is 0.121. The van der Waals surface area contributed by atoms with Gasteiger partial charge in [0, 0.05) is 30.2 Å². The number of aromatic nitrogens is 2. The highest BCUT2D eigenvalue weighted by atomic mass is 32.2. The Hall–Kier alpha value is -3.13. The van der Waals surface area contributed by atoms with E-state index in [-0.39, 0.29) is 18.0 Å². The number of thioether (sulfide) groups is 1. The number of nitrogens with one attached hydrogen (secondary N) is 1. The van der Waals surface area contributed by atoms with Gasteiger partial charge in [0.1, 0.15) is 5.75 Å². The molecular formula is C20H19N3O4S. The number of carbonyl (C=O) groups excluding carboxylic acids is 1. The Morgan fingerprint density at radius 3 is 2.96 bits per heavy atom. The summed E-state index contributed by atoms with van der Waals surface area (Å²) >= 11 is 1.38. The van der Waals surface area contributed by atoms with Gasteiger partial charge in [0.2, 0.25) is 12.7 Å². The number of nitrogens with zero attached hydrogens (tertiary/aromatic N) is 2. The zero-order valence-electron chi connectivity index (χ0n) is 15.4. The summed E-state index contributed by atoms with van der Waals surface area (Å²) in [5.41, 5.74) is 1.58. The van der Waals surface area contributed by atoms with Gasteiger partial charge in [-0.3, -0.25) is 9.36 Å². The van der Waals surface area contributed by atoms with E-state index in [2.05, 4.69) is 10.3 Å². The summed E-state index contributed by atoms with van der Waals surface area (Å²) in [4.78, 5) is 17.0. The first-order chi connectivity index (χ1) is 13.6. The van der Waals surface area contributed by atoms with Crippen LogP contribution in [0.15, 0.2) is 60.0 Å². The molecule has 0 radical (unpaired) electrons. The SMILES string of the molecule is COc1cccc(-n2ccnc2SC(C)C(=O)Nc2ccc3c(c2)OCO3)c1. The maximum absolute atomic E-state index is 12.6. The lowest BCUT2D eigenvalue weighted by Gasteiger charge is -2.14. The first-order valence-corrected chi connectivity index (χ1v) is 9.57. The average Bonchev–Trinajstić information content (AvgIpc) is 3.36. The monoisotopic (exact) mass is 397 g/mol. The van der Waals surface area contributed by atoms with E-state index in [9.17, 15) is 4.79 Å². The van der Waals surface area contributed by atoms with Crippen LogP contribution in [0.5, 0.6) is 17.2 Å². The number of hydrogen-bond acceptors (Lipinski definition) is 6. The molecule has 1 amide bonds. The Balaban J connectivity index is 1.46. The highest BCUT2D eigenvalue weighted by molar-refractivity contribution is 8.00. The summed E-state index contributed by atoms with van der Waals surface area (Å²) in [6, 6.07) is 13.0. The van der Waals surface area contributed by atoms with Crippen LogP contribution >= 0.6 is 11.8 Å². The number of rotatable bonds is 6. The van der Waals surface area contributed by atoms with Crippen molar-refractivity contribution in [2.45, 2.75) is 17.3 Å². The molecule has 0 saturated heterocycles. The van der Waals surface area contributed by atoms with Gasteiger partial charge in [-0.15, -0.1) is 0 Å². The standard InChI is InChI=1S/C20H19N3O4S/c1-13(19(24)22-14-6-7-17-18(10-14)27-12-26-17)28-20-21-8-9-23(20)15-4-3-5-16(11-15)25-2/h3-11,13H,12H2,1-2H3,(H,22,24). The van der Waals surface area contributed by atoms with Crippen LogP contribution in [0.3, 0.4) is 0 Å². The number of hydrogen-bond donors (Lipinski definition) is 1. The maximum atomic E-state index is 12.6. The van der Waals surface area contributed by atoms with Crippen molar-refractivity contribution in [1.82, 2.24) is 9.55 Å². The molecule has 1 N–H and O–H groups in total. The molecule has 4 rings (SSSR count). The molecule has 1 aliphatic heterocycles. The van der Waals surface area contributed by atoms with Gasteiger partial charge in [-0.1, -0.05) is 17.8 Å². The lowest BCUT2D eigenvalue weighted by atomic mass is 10.2. The van der Waals surface area contributed by atoms with Crippen molar-refractivity contribution in [1.29, 1.82) is 0 Å². The van der Waals surface area contributed by atoms with Crippen LogP contribution in [0, 0.1) is 0 Å². The number of benzene rings is 2. The van der Waals surface area contributed by atoms with Gasteiger partial charge in [0.05, 0.1) is 18.0 Å². The van der Waals surface area contributed by atoms with Crippen molar-refractivity contribution in [3.8, 4) is 22.9 Å². The van der Waals surface area contributed by atoms with Gasteiger partial charge in [-0.2, -0.15) is 0 Å². The second-order valence-corrected chi connectivity index (χ2v) is 7.41. The van der Waals surface area contributed by atoms with E-state index in [0.717, 1.165) is 16.6 Å². The molecule has 0 fully saturated rings. The summed E-state index contributed by atoms with van der Waals surface area (Å²) in [6.45, 7) is 2.05. The predicted molar refractivity (Wildman–Crippen MR) is 107 cm³/mol. The molecule has 144 valence electrons. The van der Waals surface area contributed by atoms with Crippen LogP contribution in [0.2, 0.25) is 0 Å². The topological polar surface area (TPSA) is 74.6 Å². The molecule has 2 heterocycles. The summed E-state index contributed by atoms with van der Waals surface area (Å²) in [7, 11) is 1.63. The predicted octanol–water partition coefficient (Wildman–Crippen LogP) is 3.73. The average molecular weight is 397 g/mol. The zero-order valence-corrected chi connectivity index (χ0v) is 16.2. The minimum atomic E-state index is -0.350. The normalized spacial score (nSPS) is 13.2. The Kier molecular flexibility index (Phi) is 5.12. The third kappa shape index (κ3) is 3.77. The smallest absolute Gasteiger partial charge is 0.237 e. The molecule has 2 aromatic carbocycles. The van der Waals surface area contributed by atoms with E-state index in [0.29, 0.717) is 17.2 Å². The Morgan fingerprint density at radius 2 is 2.11 bits per heavy atom. The van der Waals surface area contributed by atoms with Crippen LogP contribution in [0.25, 0.3) is 5.69 Å². The maximum Gasteiger partial charge on any atom is 0.237 e. The fourth-order valence-corrected chi connectivity index (χ4v) is 3.65. The molecule has 28 heavy (non-hydrogen) atoms. The summed E-state index contributed by atoms with van der Waals surface area (Å²) in [6.07, 6.45) is 3.57. The van der Waals surface area contributed by atoms with Crippen LogP contribution in [0.1, 0.15) is 6.92 Å². The minimum Gasteiger partial charge on any atom is -0.497 e. The van der Waals surface area contributed by atoms with E-state index >= 15 is 0 Å². The number of carbonyl (C=O) groups is 1. The third-order valence-corrected chi connectivity index (χ3v) is 5.31. The highest BCUT2D eigenvalue weighted by Gasteiger charge is 2.20. The van der Waals surface area contributed by atoms with Gasteiger partial charge in [-0.05, 0) is 31.2 Å². The van der Waals surface area contributed by atoms with Crippen molar-refractivity contribution in [3.63, 3.8) is 0 Å². The highest BCUT2D eigenvalue weighted by Crippen LogP contribution is 2.34. The van der Waals surface area contributed by atoms with Crippen molar-refractivity contribution < 1.29 is 19.0 Å². The van der Waals surface area contributed by atoms with E-state index in [4.69, 9.17) is 14.2 Å².